The third kappa shape index (κ3) is 2.63. The first-order chi connectivity index (χ1) is 9.02. The predicted molar refractivity (Wildman–Crippen MR) is 71.6 cm³/mol. The topological polar surface area (TPSA) is 103 Å². The van der Waals surface area contributed by atoms with Gasteiger partial charge in [0.25, 0.3) is 0 Å². The lowest BCUT2D eigenvalue weighted by Crippen LogP contribution is -2.33. The molecule has 0 unspecified atom stereocenters. The number of ether oxygens (including phenoxy) is 1. The Hall–Kier alpha value is -2.22. The zero-order chi connectivity index (χ0) is 14.0. The van der Waals surface area contributed by atoms with Gasteiger partial charge in [0.2, 0.25) is 0 Å². The summed E-state index contributed by atoms with van der Waals surface area (Å²) in [6.45, 7) is 0. The molecule has 2 aromatic rings. The highest BCUT2D eigenvalue weighted by atomic mass is 32.2. The van der Waals surface area contributed by atoms with E-state index in [0.717, 1.165) is 0 Å². The lowest BCUT2D eigenvalue weighted by atomic mass is 10.3. The Kier molecular flexibility index (Phi) is 3.61. The molecule has 8 heteroatoms. The second-order valence-electron chi connectivity index (χ2n) is 3.67. The number of nitrogens with two attached hydrogens (primary N) is 1. The first-order valence-electron chi connectivity index (χ1n) is 5.30. The predicted octanol–water partition coefficient (Wildman–Crippen LogP) is 0.211. The smallest absolute Gasteiger partial charge is 0.339 e. The van der Waals surface area contributed by atoms with Gasteiger partial charge in [0.1, 0.15) is 5.75 Å². The molecule has 0 atom stereocenters. The molecule has 1 aromatic heterocycles. The molecule has 0 radical (unpaired) electrons. The summed E-state index contributed by atoms with van der Waals surface area (Å²) in [7, 11) is 3.11. The third-order valence-corrected chi connectivity index (χ3v) is 3.52. The van der Waals surface area contributed by atoms with E-state index in [1.54, 1.807) is 25.2 Å². The van der Waals surface area contributed by atoms with Gasteiger partial charge in [-0.05, 0) is 23.9 Å². The van der Waals surface area contributed by atoms with Gasteiger partial charge in [-0.15, -0.1) is 0 Å². The summed E-state index contributed by atoms with van der Waals surface area (Å²) in [5.74, 6) is 0.541. The van der Waals surface area contributed by atoms with E-state index in [1.165, 1.54) is 23.6 Å². The Labute approximate surface area is 112 Å². The maximum Gasteiger partial charge on any atom is 0.339 e. The molecule has 0 saturated carbocycles. The van der Waals surface area contributed by atoms with Crippen LogP contribution in [0, 0.1) is 0 Å². The van der Waals surface area contributed by atoms with Gasteiger partial charge in [0.15, 0.2) is 5.16 Å². The van der Waals surface area contributed by atoms with Crippen molar-refractivity contribution in [2.75, 3.05) is 12.8 Å². The number of aromatic amines is 1. The molecule has 0 aliphatic carbocycles. The molecule has 1 aromatic carbocycles. The van der Waals surface area contributed by atoms with Crippen LogP contribution < -0.4 is 21.6 Å². The van der Waals surface area contributed by atoms with Crippen LogP contribution in [0.3, 0.4) is 0 Å². The normalized spacial score (nSPS) is 10.4. The molecule has 0 spiro atoms. The standard InChI is InChI=1S/C11H12N4O3S/c1-15-11(13-9(16)10(17)14-15)19-7-5-3-4-6(18-2)8(7)12/h3-5H,12H2,1-2H3,(H,14,17). The molecule has 7 nitrogen and oxygen atoms in total. The minimum atomic E-state index is -0.831. The van der Waals surface area contributed by atoms with E-state index in [2.05, 4.69) is 10.1 Å². The summed E-state index contributed by atoms with van der Waals surface area (Å²) in [5.41, 5.74) is 4.79. The second-order valence-corrected chi connectivity index (χ2v) is 4.68. The number of hydrogen-bond acceptors (Lipinski definition) is 6. The lowest BCUT2D eigenvalue weighted by Gasteiger charge is -2.10. The number of rotatable bonds is 3. The van der Waals surface area contributed by atoms with Crippen molar-refractivity contribution in [1.29, 1.82) is 0 Å². The van der Waals surface area contributed by atoms with Gasteiger partial charge in [-0.1, -0.05) is 6.07 Å². The van der Waals surface area contributed by atoms with E-state index in [9.17, 15) is 9.59 Å². The monoisotopic (exact) mass is 280 g/mol. The van der Waals surface area contributed by atoms with Crippen molar-refractivity contribution in [1.82, 2.24) is 14.8 Å². The number of methoxy groups -OCH3 is 1. The van der Waals surface area contributed by atoms with Crippen LogP contribution in [0.15, 0.2) is 37.8 Å². The number of nitrogen functional groups attached to an aromatic ring is 1. The number of hydrogen-bond donors (Lipinski definition) is 2. The molecular weight excluding hydrogens is 268 g/mol. The second kappa shape index (κ2) is 5.19. The number of benzene rings is 1. The molecule has 0 bridgehead atoms. The van der Waals surface area contributed by atoms with Crippen molar-refractivity contribution in [2.24, 2.45) is 7.05 Å². The van der Waals surface area contributed by atoms with Crippen LogP contribution in [0.2, 0.25) is 0 Å². The van der Waals surface area contributed by atoms with Gasteiger partial charge in [0.05, 0.1) is 12.8 Å². The van der Waals surface area contributed by atoms with E-state index in [1.807, 2.05) is 0 Å². The lowest BCUT2D eigenvalue weighted by molar-refractivity contribution is 0.416. The fourth-order valence-electron chi connectivity index (χ4n) is 1.44. The molecule has 0 fully saturated rings. The van der Waals surface area contributed by atoms with Crippen molar-refractivity contribution in [3.05, 3.63) is 38.9 Å². The number of nitrogens with zero attached hydrogens (tertiary/aromatic N) is 2. The van der Waals surface area contributed by atoms with Crippen molar-refractivity contribution in [3.63, 3.8) is 0 Å². The van der Waals surface area contributed by atoms with Crippen LogP contribution in [0.1, 0.15) is 0 Å². The molecule has 0 saturated heterocycles. The maximum atomic E-state index is 11.3. The SMILES string of the molecule is COc1cccc(Sc2nc(=O)c(=O)[nH]n2C)c1N. The van der Waals surface area contributed by atoms with Gasteiger partial charge in [0, 0.05) is 11.9 Å². The van der Waals surface area contributed by atoms with Crippen LogP contribution in [0.5, 0.6) is 5.75 Å². The van der Waals surface area contributed by atoms with Crippen LogP contribution >= 0.6 is 11.8 Å². The number of anilines is 1. The Bertz CT molecular complexity index is 723. The summed E-state index contributed by atoms with van der Waals surface area (Å²) >= 11 is 1.17. The van der Waals surface area contributed by atoms with E-state index in [4.69, 9.17) is 10.5 Å². The van der Waals surface area contributed by atoms with Gasteiger partial charge in [-0.2, -0.15) is 4.98 Å². The fraction of sp³-hybridized carbons (Fsp3) is 0.182. The zero-order valence-electron chi connectivity index (χ0n) is 10.3. The molecular formula is C11H12N4O3S. The summed E-state index contributed by atoms with van der Waals surface area (Å²) in [6.07, 6.45) is 0. The number of para-hydroxylation sites is 1. The molecule has 19 heavy (non-hydrogen) atoms. The largest absolute Gasteiger partial charge is 0.495 e. The Morgan fingerprint density at radius 2 is 2.16 bits per heavy atom. The van der Waals surface area contributed by atoms with Crippen LogP contribution in [0.25, 0.3) is 0 Å². The maximum absolute atomic E-state index is 11.3. The molecule has 3 N–H and O–H groups in total. The number of H-pyrrole nitrogens is 1. The first-order valence-corrected chi connectivity index (χ1v) is 6.12. The van der Waals surface area contributed by atoms with Gasteiger partial charge in [-0.3, -0.25) is 19.4 Å². The fourth-order valence-corrected chi connectivity index (χ4v) is 2.31. The van der Waals surface area contributed by atoms with Crippen molar-refractivity contribution in [3.8, 4) is 5.75 Å². The minimum Gasteiger partial charge on any atom is -0.495 e. The molecule has 0 aliphatic heterocycles. The van der Waals surface area contributed by atoms with Gasteiger partial charge in [-0.25, -0.2) is 0 Å². The van der Waals surface area contributed by atoms with E-state index < -0.39 is 11.1 Å². The van der Waals surface area contributed by atoms with Crippen molar-refractivity contribution >= 4 is 17.4 Å². The van der Waals surface area contributed by atoms with Crippen molar-refractivity contribution in [2.45, 2.75) is 10.1 Å². The summed E-state index contributed by atoms with van der Waals surface area (Å²) in [6, 6.07) is 5.29. The van der Waals surface area contributed by atoms with Crippen LogP contribution in [-0.4, -0.2) is 21.9 Å². The number of aryl methyl sites for hydroxylation is 1. The highest BCUT2D eigenvalue weighted by molar-refractivity contribution is 7.99. The van der Waals surface area contributed by atoms with Crippen LogP contribution in [0.4, 0.5) is 5.69 Å². The van der Waals surface area contributed by atoms with E-state index in [0.29, 0.717) is 21.5 Å². The Morgan fingerprint density at radius 3 is 2.84 bits per heavy atom. The number of aromatic nitrogens is 3. The quantitative estimate of drug-likeness (QED) is 0.615. The Morgan fingerprint density at radius 1 is 1.42 bits per heavy atom. The highest BCUT2D eigenvalue weighted by Gasteiger charge is 2.10. The number of nitrogens with one attached hydrogen (secondary N) is 1. The Balaban J connectivity index is 2.45. The van der Waals surface area contributed by atoms with Crippen molar-refractivity contribution < 1.29 is 4.74 Å². The third-order valence-electron chi connectivity index (χ3n) is 2.39. The van der Waals surface area contributed by atoms with Crippen LogP contribution in [-0.2, 0) is 7.05 Å². The highest BCUT2D eigenvalue weighted by Crippen LogP contribution is 2.35. The minimum absolute atomic E-state index is 0.338. The average molecular weight is 280 g/mol. The van der Waals surface area contributed by atoms with Gasteiger partial charge >= 0.3 is 11.1 Å². The van der Waals surface area contributed by atoms with E-state index >= 15 is 0 Å². The average Bonchev–Trinajstić information content (AvgIpc) is 2.38. The molecule has 0 amide bonds. The molecule has 1 heterocycles. The summed E-state index contributed by atoms with van der Waals surface area (Å²) in [4.78, 5) is 26.7. The molecule has 2 rings (SSSR count). The molecule has 0 aliphatic rings. The van der Waals surface area contributed by atoms with E-state index in [-0.39, 0.29) is 0 Å². The van der Waals surface area contributed by atoms with Gasteiger partial charge < -0.3 is 10.5 Å². The zero-order valence-corrected chi connectivity index (χ0v) is 11.2. The summed E-state index contributed by atoms with van der Waals surface area (Å²) in [5, 5.41) is 2.71. The summed E-state index contributed by atoms with van der Waals surface area (Å²) < 4.78 is 6.48. The molecule has 100 valence electrons. The first kappa shape index (κ1) is 13.2.